The number of aromatic nitrogens is 3. The van der Waals surface area contributed by atoms with Crippen molar-refractivity contribution < 1.29 is 0 Å². The van der Waals surface area contributed by atoms with E-state index in [1.54, 1.807) is 23.7 Å². The van der Waals surface area contributed by atoms with E-state index in [9.17, 15) is 0 Å². The van der Waals surface area contributed by atoms with Crippen molar-refractivity contribution >= 4 is 33.7 Å². The van der Waals surface area contributed by atoms with Gasteiger partial charge >= 0.3 is 0 Å². The van der Waals surface area contributed by atoms with Crippen LogP contribution in [0.4, 0.5) is 10.8 Å². The Morgan fingerprint density at radius 2 is 2.10 bits per heavy atom. The number of thiazole rings is 1. The predicted octanol–water partition coefficient (Wildman–Crippen LogP) is 3.21. The van der Waals surface area contributed by atoms with Crippen molar-refractivity contribution in [1.29, 1.82) is 0 Å². The second kappa shape index (κ2) is 6.19. The van der Waals surface area contributed by atoms with Crippen molar-refractivity contribution in [1.82, 2.24) is 14.3 Å². The molecule has 0 saturated heterocycles. The lowest BCUT2D eigenvalue weighted by Crippen LogP contribution is -2.04. The summed E-state index contributed by atoms with van der Waals surface area (Å²) in [6.07, 6.45) is 4.41. The molecule has 3 N–H and O–H groups in total. The molecule has 5 nitrogen and oxygen atoms in total. The Hall–Kier alpha value is -1.99. The Balaban J connectivity index is 1.72. The fourth-order valence-corrected chi connectivity index (χ4v) is 3.56. The summed E-state index contributed by atoms with van der Waals surface area (Å²) in [4.78, 5) is 8.49. The standard InChI is InChI=1S/C14H15N5S2/c1-9-8-20-11(18-9)4-7-17-14-12(13(15)19-21-14)10-2-5-16-6-3-10/h2-3,5-6,8,17H,4,7H2,1H3,(H2,15,19). The molecule has 21 heavy (non-hydrogen) atoms. The van der Waals surface area contributed by atoms with Gasteiger partial charge in [-0.05, 0) is 36.2 Å². The number of nitrogens with zero attached hydrogens (tertiary/aromatic N) is 3. The van der Waals surface area contributed by atoms with Crippen LogP contribution in [0.15, 0.2) is 29.9 Å². The largest absolute Gasteiger partial charge is 0.382 e. The smallest absolute Gasteiger partial charge is 0.147 e. The number of nitrogens with one attached hydrogen (secondary N) is 1. The van der Waals surface area contributed by atoms with E-state index < -0.39 is 0 Å². The van der Waals surface area contributed by atoms with Crippen LogP contribution in [0.25, 0.3) is 11.1 Å². The molecule has 3 heterocycles. The molecule has 108 valence electrons. The summed E-state index contributed by atoms with van der Waals surface area (Å²) >= 11 is 3.08. The number of pyridine rings is 1. The Morgan fingerprint density at radius 1 is 1.29 bits per heavy atom. The van der Waals surface area contributed by atoms with Crippen LogP contribution < -0.4 is 11.1 Å². The lowest BCUT2D eigenvalue weighted by atomic mass is 10.1. The Labute approximate surface area is 131 Å². The van der Waals surface area contributed by atoms with Crippen LogP contribution in [-0.4, -0.2) is 20.9 Å². The third-order valence-corrected chi connectivity index (χ3v) is 4.82. The van der Waals surface area contributed by atoms with Crippen LogP contribution in [0.5, 0.6) is 0 Å². The lowest BCUT2D eigenvalue weighted by Gasteiger charge is -2.06. The first-order chi connectivity index (χ1) is 10.2. The molecule has 0 aliphatic heterocycles. The van der Waals surface area contributed by atoms with Crippen LogP contribution in [-0.2, 0) is 6.42 Å². The minimum atomic E-state index is 0.554. The van der Waals surface area contributed by atoms with Crippen molar-refractivity contribution in [2.75, 3.05) is 17.6 Å². The molecule has 0 radical (unpaired) electrons. The zero-order valence-electron chi connectivity index (χ0n) is 11.5. The van der Waals surface area contributed by atoms with Gasteiger partial charge in [0.05, 0.1) is 10.6 Å². The normalized spacial score (nSPS) is 10.7. The molecule has 0 amide bonds. The molecule has 3 aromatic rings. The van der Waals surface area contributed by atoms with Gasteiger partial charge in [0, 0.05) is 36.4 Å². The quantitative estimate of drug-likeness (QED) is 0.755. The van der Waals surface area contributed by atoms with Crippen LogP contribution in [0.1, 0.15) is 10.7 Å². The average molecular weight is 317 g/mol. The Morgan fingerprint density at radius 3 is 2.81 bits per heavy atom. The van der Waals surface area contributed by atoms with Gasteiger partial charge in [0.2, 0.25) is 0 Å². The van der Waals surface area contributed by atoms with Gasteiger partial charge in [0.15, 0.2) is 0 Å². The molecule has 0 spiro atoms. The van der Waals surface area contributed by atoms with Gasteiger partial charge in [-0.15, -0.1) is 11.3 Å². The topological polar surface area (TPSA) is 76.7 Å². The summed E-state index contributed by atoms with van der Waals surface area (Å²) in [5.41, 5.74) is 9.05. The fourth-order valence-electron chi connectivity index (χ4n) is 2.02. The zero-order chi connectivity index (χ0) is 14.7. The molecule has 0 saturated carbocycles. The third-order valence-electron chi connectivity index (χ3n) is 2.98. The predicted molar refractivity (Wildman–Crippen MR) is 88.8 cm³/mol. The summed E-state index contributed by atoms with van der Waals surface area (Å²) in [5.74, 6) is 0.554. The first-order valence-electron chi connectivity index (χ1n) is 6.54. The van der Waals surface area contributed by atoms with Gasteiger partial charge in [0.1, 0.15) is 10.8 Å². The minimum absolute atomic E-state index is 0.554. The van der Waals surface area contributed by atoms with Gasteiger partial charge in [0.25, 0.3) is 0 Å². The molecule has 0 unspecified atom stereocenters. The van der Waals surface area contributed by atoms with Crippen molar-refractivity contribution in [3.05, 3.63) is 40.6 Å². The Kier molecular flexibility index (Phi) is 4.12. The Bertz CT molecular complexity index is 720. The fraction of sp³-hybridized carbons (Fsp3) is 0.214. The van der Waals surface area contributed by atoms with Gasteiger partial charge in [-0.3, -0.25) is 4.98 Å². The molecule has 0 aliphatic carbocycles. The number of hydrogen-bond acceptors (Lipinski definition) is 7. The zero-order valence-corrected chi connectivity index (χ0v) is 13.2. The van der Waals surface area contributed by atoms with Crippen LogP contribution in [0, 0.1) is 6.92 Å². The number of nitrogen functional groups attached to an aromatic ring is 1. The maximum Gasteiger partial charge on any atom is 0.147 e. The number of aryl methyl sites for hydroxylation is 1. The summed E-state index contributed by atoms with van der Waals surface area (Å²) in [6, 6.07) is 3.88. The molecule has 7 heteroatoms. The average Bonchev–Trinajstić information content (AvgIpc) is 3.06. The van der Waals surface area contributed by atoms with E-state index >= 15 is 0 Å². The van der Waals surface area contributed by atoms with Gasteiger partial charge in [-0.1, -0.05) is 0 Å². The monoisotopic (exact) mass is 317 g/mol. The van der Waals surface area contributed by atoms with Gasteiger partial charge in [-0.25, -0.2) is 4.98 Å². The van der Waals surface area contributed by atoms with Crippen molar-refractivity contribution in [3.63, 3.8) is 0 Å². The first-order valence-corrected chi connectivity index (χ1v) is 8.20. The van der Waals surface area contributed by atoms with Crippen LogP contribution in [0.3, 0.4) is 0 Å². The molecule has 0 fully saturated rings. The number of hydrogen-bond donors (Lipinski definition) is 2. The second-order valence-electron chi connectivity index (χ2n) is 4.57. The van der Waals surface area contributed by atoms with Gasteiger partial charge in [-0.2, -0.15) is 4.37 Å². The molecule has 3 aromatic heterocycles. The summed E-state index contributed by atoms with van der Waals surface area (Å²) in [7, 11) is 0. The summed E-state index contributed by atoms with van der Waals surface area (Å²) in [6.45, 7) is 2.82. The summed E-state index contributed by atoms with van der Waals surface area (Å²) < 4.78 is 4.25. The van der Waals surface area contributed by atoms with E-state index in [2.05, 4.69) is 25.0 Å². The molecular weight excluding hydrogens is 302 g/mol. The SMILES string of the molecule is Cc1csc(CCNc2snc(N)c2-c2ccncc2)n1. The maximum atomic E-state index is 5.99. The molecule has 0 aromatic carbocycles. The number of nitrogens with two attached hydrogens (primary N) is 1. The van der Waals surface area contributed by atoms with Crippen molar-refractivity contribution in [2.45, 2.75) is 13.3 Å². The highest BCUT2D eigenvalue weighted by molar-refractivity contribution is 7.11. The van der Waals surface area contributed by atoms with Crippen LogP contribution >= 0.6 is 22.9 Å². The van der Waals surface area contributed by atoms with E-state index in [-0.39, 0.29) is 0 Å². The highest BCUT2D eigenvalue weighted by Crippen LogP contribution is 2.36. The highest BCUT2D eigenvalue weighted by Gasteiger charge is 2.13. The number of rotatable bonds is 5. The first kappa shape index (κ1) is 14.0. The second-order valence-corrected chi connectivity index (χ2v) is 6.28. The summed E-state index contributed by atoms with van der Waals surface area (Å²) in [5, 5.41) is 7.62. The van der Waals surface area contributed by atoms with E-state index in [1.807, 2.05) is 19.1 Å². The maximum absolute atomic E-state index is 5.99. The van der Waals surface area contributed by atoms with Crippen molar-refractivity contribution in [2.24, 2.45) is 0 Å². The van der Waals surface area contributed by atoms with Crippen LogP contribution in [0.2, 0.25) is 0 Å². The highest BCUT2D eigenvalue weighted by atomic mass is 32.1. The van der Waals surface area contributed by atoms with Crippen molar-refractivity contribution in [3.8, 4) is 11.1 Å². The van der Waals surface area contributed by atoms with Gasteiger partial charge < -0.3 is 11.1 Å². The third kappa shape index (κ3) is 3.20. The molecule has 0 bridgehead atoms. The van der Waals surface area contributed by atoms with E-state index in [1.165, 1.54) is 11.5 Å². The molecule has 0 aliphatic rings. The molecule has 3 rings (SSSR count). The van der Waals surface area contributed by atoms with E-state index in [0.29, 0.717) is 5.82 Å². The van der Waals surface area contributed by atoms with E-state index in [4.69, 9.17) is 5.73 Å². The number of anilines is 2. The molecular formula is C14H15N5S2. The molecule has 0 atom stereocenters. The minimum Gasteiger partial charge on any atom is -0.382 e. The lowest BCUT2D eigenvalue weighted by molar-refractivity contribution is 0.991. The van der Waals surface area contributed by atoms with E-state index in [0.717, 1.165) is 39.8 Å².